The van der Waals surface area contributed by atoms with Crippen molar-refractivity contribution in [2.24, 2.45) is 0 Å². The molecule has 3 aromatic heterocycles. The fourth-order valence-electron chi connectivity index (χ4n) is 6.28. The van der Waals surface area contributed by atoms with Gasteiger partial charge >= 0.3 is 0 Å². The van der Waals surface area contributed by atoms with E-state index in [9.17, 15) is 0 Å². The second kappa shape index (κ2) is 14.8. The number of nitrogens with zero attached hydrogens (tertiary/aromatic N) is 3. The number of hydrogen-bond donors (Lipinski definition) is 0. The molecule has 0 saturated carbocycles. The first-order chi connectivity index (χ1) is 24.9. The first kappa shape index (κ1) is 31.5. The molecule has 8 aromatic rings. The van der Waals surface area contributed by atoms with Gasteiger partial charge in [0.1, 0.15) is 0 Å². The van der Waals surface area contributed by atoms with E-state index < -0.39 is 14.9 Å². The topological polar surface area (TPSA) is 30.7 Å². The zero-order chi connectivity index (χ0) is 36.6. The molecule has 0 bridgehead atoms. The smallest absolute Gasteiger partial charge is 0.0795 e. The molecule has 0 saturated heterocycles. The summed E-state index contributed by atoms with van der Waals surface area (Å²) in [6.07, 6.45) is 2.02. The number of aryl methyl sites for hydroxylation is 3. The van der Waals surface area contributed by atoms with Gasteiger partial charge in [-0.1, -0.05) is 108 Å². The Labute approximate surface area is 318 Å². The van der Waals surface area contributed by atoms with Gasteiger partial charge in [-0.3, -0.25) is 16.3 Å². The van der Waals surface area contributed by atoms with Crippen LogP contribution >= 0.6 is 11.3 Å². The average molecular weight is 865 g/mol. The van der Waals surface area contributed by atoms with Gasteiger partial charge < -0.3 is 9.55 Å². The number of para-hydroxylation sites is 2. The molecule has 251 valence electrons. The Balaban J connectivity index is 0.000000238. The monoisotopic (exact) mass is 865 g/mol. The van der Waals surface area contributed by atoms with E-state index in [4.69, 9.17) is 9.10 Å². The number of pyridine rings is 1. The summed E-state index contributed by atoms with van der Waals surface area (Å²) in [6, 6.07) is 43.7. The third-order valence-corrected chi connectivity index (χ3v) is 11.7. The van der Waals surface area contributed by atoms with Crippen LogP contribution in [0.2, 0.25) is 19.6 Å². The van der Waals surface area contributed by atoms with Crippen molar-refractivity contribution in [3.05, 3.63) is 156 Å². The number of hydrogen-bond acceptors (Lipinski definition) is 3. The quantitative estimate of drug-likeness (QED) is 0.127. The van der Waals surface area contributed by atoms with Crippen LogP contribution in [0.4, 0.5) is 0 Å². The van der Waals surface area contributed by atoms with Crippen LogP contribution in [0.3, 0.4) is 0 Å². The van der Waals surface area contributed by atoms with E-state index in [0.717, 1.165) is 49.5 Å². The Morgan fingerprint density at radius 3 is 2.22 bits per heavy atom. The summed E-state index contributed by atoms with van der Waals surface area (Å²) < 4.78 is 26.8. The molecule has 5 aromatic carbocycles. The van der Waals surface area contributed by atoms with Crippen LogP contribution in [-0.4, -0.2) is 22.6 Å². The molecule has 0 aliphatic rings. The summed E-state index contributed by atoms with van der Waals surface area (Å²) in [5.41, 5.74) is 10.9. The molecule has 0 N–H and O–H groups in total. The molecular weight excluding hydrogens is 823 g/mol. The largest absolute Gasteiger partial charge is 0.333 e. The van der Waals surface area contributed by atoms with Gasteiger partial charge in [-0.2, -0.15) is 0 Å². The van der Waals surface area contributed by atoms with E-state index in [1.165, 1.54) is 38.8 Å². The zero-order valence-electron chi connectivity index (χ0n) is 31.7. The standard InChI is InChI=1S/C30H23N2S.C14H16NSi.Ir/c1-19-13-14-28-24(15-19)25(18-33-28)30-31-26-11-7-8-12-27(26)32(30)23-16-20(2)29(21(3)17-23)22-9-5-4-6-10-22;1-16(2,3)13-9-10-14(15-11-13)12-7-5-4-6-8-12;/h4-17H,1-3H3;4-7,9-11H,1-3H3;/q2*-1;/i1D3;;. The Morgan fingerprint density at radius 1 is 0.800 bits per heavy atom. The predicted molar refractivity (Wildman–Crippen MR) is 212 cm³/mol. The molecule has 0 atom stereocenters. The number of thiophene rings is 1. The molecule has 0 unspecified atom stereocenters. The molecule has 3 nitrogen and oxygen atoms in total. The van der Waals surface area contributed by atoms with E-state index in [2.05, 4.69) is 109 Å². The van der Waals surface area contributed by atoms with Crippen LogP contribution in [0.1, 0.15) is 20.8 Å². The van der Waals surface area contributed by atoms with Crippen molar-refractivity contribution in [3.63, 3.8) is 0 Å². The maximum Gasteiger partial charge on any atom is 0.0795 e. The van der Waals surface area contributed by atoms with E-state index >= 15 is 0 Å². The Morgan fingerprint density at radius 2 is 1.54 bits per heavy atom. The maximum atomic E-state index is 7.88. The van der Waals surface area contributed by atoms with Crippen molar-refractivity contribution in [1.29, 1.82) is 0 Å². The third kappa shape index (κ3) is 7.21. The van der Waals surface area contributed by atoms with Crippen LogP contribution in [0.5, 0.6) is 0 Å². The summed E-state index contributed by atoms with van der Waals surface area (Å²) in [4.78, 5) is 9.53. The minimum absolute atomic E-state index is 0. The van der Waals surface area contributed by atoms with Crippen molar-refractivity contribution in [2.45, 2.75) is 40.3 Å². The summed E-state index contributed by atoms with van der Waals surface area (Å²) >= 11 is 1.49. The molecule has 0 spiro atoms. The molecule has 0 aliphatic carbocycles. The zero-order valence-corrected chi connectivity index (χ0v) is 32.9. The van der Waals surface area contributed by atoms with Crippen molar-refractivity contribution >= 4 is 45.7 Å². The van der Waals surface area contributed by atoms with Gasteiger partial charge in [0.05, 0.1) is 24.9 Å². The fraction of sp³-hybridized carbons (Fsp3) is 0.136. The van der Waals surface area contributed by atoms with Crippen LogP contribution in [0.15, 0.2) is 128 Å². The molecule has 6 heteroatoms. The Bertz CT molecular complexity index is 2480. The first-order valence-corrected chi connectivity index (χ1v) is 20.7. The number of benzene rings is 5. The molecule has 8 rings (SSSR count). The summed E-state index contributed by atoms with van der Waals surface area (Å²) in [5, 5.41) is 5.68. The SMILES string of the molecule is C[Si](C)(C)c1ccc(-c2[c-]cccc2)nc1.[2H]C([2H])([2H])c1ccc2s[c-]c(-c3nc4ccccc4n3-c3cc(C)c(-c4ccccc4)c(C)c3)c2c1.[Ir]. The number of imidazole rings is 1. The maximum absolute atomic E-state index is 7.88. The molecule has 0 aliphatic heterocycles. The van der Waals surface area contributed by atoms with Gasteiger partial charge in [0.2, 0.25) is 0 Å². The fourth-order valence-corrected chi connectivity index (χ4v) is 8.13. The Hall–Kier alpha value is -4.45. The van der Waals surface area contributed by atoms with Gasteiger partial charge in [0, 0.05) is 36.1 Å². The van der Waals surface area contributed by atoms with E-state index in [-0.39, 0.29) is 20.1 Å². The van der Waals surface area contributed by atoms with Crippen LogP contribution in [0.25, 0.3) is 60.6 Å². The molecule has 1 radical (unpaired) electrons. The Kier molecular flexibility index (Phi) is 9.33. The van der Waals surface area contributed by atoms with E-state index in [1.54, 1.807) is 12.1 Å². The van der Waals surface area contributed by atoms with E-state index in [0.29, 0.717) is 5.56 Å². The third-order valence-electron chi connectivity index (χ3n) is 8.75. The second-order valence-corrected chi connectivity index (χ2v) is 19.3. The van der Waals surface area contributed by atoms with Crippen molar-refractivity contribution in [2.75, 3.05) is 0 Å². The summed E-state index contributed by atoms with van der Waals surface area (Å²) in [6.45, 7) is 9.11. The van der Waals surface area contributed by atoms with Gasteiger partial charge in [-0.25, -0.2) is 0 Å². The molecule has 50 heavy (non-hydrogen) atoms. The predicted octanol–water partition coefficient (Wildman–Crippen LogP) is 11.4. The van der Waals surface area contributed by atoms with Gasteiger partial charge in [0.25, 0.3) is 0 Å². The van der Waals surface area contributed by atoms with Gasteiger partial charge in [-0.15, -0.1) is 47.3 Å². The van der Waals surface area contributed by atoms with Crippen LogP contribution in [-0.2, 0) is 20.1 Å². The van der Waals surface area contributed by atoms with Crippen molar-refractivity contribution in [1.82, 2.24) is 14.5 Å². The van der Waals surface area contributed by atoms with Crippen molar-refractivity contribution in [3.8, 4) is 39.5 Å². The second-order valence-electron chi connectivity index (χ2n) is 13.3. The molecule has 3 heterocycles. The number of aromatic nitrogens is 3. The van der Waals surface area contributed by atoms with Crippen molar-refractivity contribution < 1.29 is 24.2 Å². The number of rotatable bonds is 5. The molecule has 0 amide bonds. The minimum atomic E-state index is -2.17. The van der Waals surface area contributed by atoms with Gasteiger partial charge in [0.15, 0.2) is 0 Å². The summed E-state index contributed by atoms with van der Waals surface area (Å²) in [5.74, 6) is 0.761. The van der Waals surface area contributed by atoms with Crippen LogP contribution < -0.4 is 5.19 Å². The first-order valence-electron chi connectivity index (χ1n) is 17.9. The summed E-state index contributed by atoms with van der Waals surface area (Å²) in [7, 11) is -1.23. The average Bonchev–Trinajstić information content (AvgIpc) is 3.73. The van der Waals surface area contributed by atoms with Gasteiger partial charge in [-0.05, 0) is 78.1 Å². The normalized spacial score (nSPS) is 12.4. The van der Waals surface area contributed by atoms with Crippen LogP contribution in [0, 0.1) is 32.1 Å². The molecular formula is C44H39IrN3SSi-2. The van der Waals surface area contributed by atoms with E-state index in [1.807, 2.05) is 60.8 Å². The molecule has 0 fully saturated rings. The minimum Gasteiger partial charge on any atom is -0.333 e. The number of fused-ring (bicyclic) bond motifs is 2.